The normalized spacial score (nSPS) is 9.88. The zero-order valence-electron chi connectivity index (χ0n) is 14.7. The van der Waals surface area contributed by atoms with Crippen molar-refractivity contribution < 1.29 is 0 Å². The van der Waals surface area contributed by atoms with Crippen molar-refractivity contribution in [3.05, 3.63) is 35.5 Å². The molecule has 0 spiro atoms. The predicted molar refractivity (Wildman–Crippen MR) is 102 cm³/mol. The van der Waals surface area contributed by atoms with E-state index in [-0.39, 0.29) is 0 Å². The average molecular weight is 351 g/mol. The third-order valence-electron chi connectivity index (χ3n) is 3.41. The fraction of sp³-hybridized carbons (Fsp3) is 0.471. The van der Waals surface area contributed by atoms with Crippen molar-refractivity contribution >= 4 is 28.8 Å². The van der Waals surface area contributed by atoms with Gasteiger partial charge in [-0.3, -0.25) is 0 Å². The Labute approximate surface area is 149 Å². The highest BCUT2D eigenvalue weighted by Crippen LogP contribution is 2.34. The van der Waals surface area contributed by atoms with E-state index in [1.807, 2.05) is 18.2 Å². The molecule has 0 radical (unpaired) electrons. The third kappa shape index (κ3) is 6.29. The van der Waals surface area contributed by atoms with Gasteiger partial charge < -0.3 is 16.0 Å². The Morgan fingerprint density at radius 1 is 1.17 bits per heavy atom. The number of benzene rings is 1. The van der Waals surface area contributed by atoms with E-state index in [4.69, 9.17) is 17.3 Å². The Balaban J connectivity index is 0.000000505. The summed E-state index contributed by atoms with van der Waals surface area (Å²) in [5, 5.41) is 15.0. The number of hydrogen-bond acceptors (Lipinski definition) is 6. The van der Waals surface area contributed by atoms with E-state index >= 15 is 0 Å². The highest BCUT2D eigenvalue weighted by atomic mass is 35.5. The maximum atomic E-state index is 6.28. The molecule has 0 unspecified atom stereocenters. The molecule has 1 heterocycles. The number of halogens is 1. The van der Waals surface area contributed by atoms with Gasteiger partial charge in [-0.25, -0.2) is 0 Å². The van der Waals surface area contributed by atoms with Crippen LogP contribution in [0.3, 0.4) is 0 Å². The summed E-state index contributed by atoms with van der Waals surface area (Å²) < 4.78 is 0. The maximum Gasteiger partial charge on any atom is 0.156 e. The summed E-state index contributed by atoms with van der Waals surface area (Å²) in [6.07, 6.45) is 3.97. The number of nitrogens with zero attached hydrogens (tertiary/aromatic N) is 4. The van der Waals surface area contributed by atoms with Gasteiger partial charge in [0.1, 0.15) is 0 Å². The fourth-order valence-corrected chi connectivity index (χ4v) is 2.32. The molecule has 0 saturated carbocycles. The van der Waals surface area contributed by atoms with Crippen molar-refractivity contribution in [2.45, 2.75) is 33.6 Å². The van der Waals surface area contributed by atoms with Crippen molar-refractivity contribution in [3.8, 4) is 0 Å². The summed E-state index contributed by atoms with van der Waals surface area (Å²) in [4.78, 5) is 2.23. The van der Waals surface area contributed by atoms with Gasteiger partial charge in [-0.1, -0.05) is 31.0 Å². The average Bonchev–Trinajstić information content (AvgIpc) is 2.61. The van der Waals surface area contributed by atoms with E-state index < -0.39 is 0 Å². The smallest absolute Gasteiger partial charge is 0.156 e. The molecule has 3 N–H and O–H groups in total. The number of hydrogen-bond donors (Lipinski definition) is 2. The van der Waals surface area contributed by atoms with Crippen LogP contribution in [0.25, 0.3) is 0 Å². The molecule has 2 rings (SSSR count). The lowest BCUT2D eigenvalue weighted by Gasteiger charge is -2.24. The van der Waals surface area contributed by atoms with E-state index in [1.54, 1.807) is 12.3 Å². The summed E-state index contributed by atoms with van der Waals surface area (Å²) in [5.41, 5.74) is 7.03. The van der Waals surface area contributed by atoms with Gasteiger partial charge >= 0.3 is 0 Å². The molecule has 1 aromatic heterocycles. The second-order valence-electron chi connectivity index (χ2n) is 5.08. The minimum atomic E-state index is 0.622. The first-order valence-corrected chi connectivity index (χ1v) is 8.70. The van der Waals surface area contributed by atoms with Gasteiger partial charge in [-0.2, -0.15) is 0 Å². The molecule has 0 atom stereocenters. The molecule has 1 aromatic carbocycles. The van der Waals surface area contributed by atoms with Crippen LogP contribution in [0.15, 0.2) is 30.5 Å². The Bertz CT molecular complexity index is 573. The Hall–Kier alpha value is -1.92. The van der Waals surface area contributed by atoms with Crippen LogP contribution in [0.1, 0.15) is 33.6 Å². The lowest BCUT2D eigenvalue weighted by molar-refractivity contribution is 0.807. The Kier molecular flexibility index (Phi) is 9.72. The molecule has 2 aromatic rings. The predicted octanol–water partition coefficient (Wildman–Crippen LogP) is 3.86. The molecule has 6 nitrogen and oxygen atoms in total. The second-order valence-corrected chi connectivity index (χ2v) is 5.49. The second kappa shape index (κ2) is 11.6. The van der Waals surface area contributed by atoms with Crippen LogP contribution in [-0.2, 0) is 0 Å². The molecule has 0 bridgehead atoms. The molecule has 0 aliphatic rings. The number of unbranched alkanes of at least 4 members (excludes halogenated alkanes) is 1. The lowest BCUT2D eigenvalue weighted by atomic mass is 10.2. The maximum absolute atomic E-state index is 6.28. The van der Waals surface area contributed by atoms with Crippen molar-refractivity contribution in [1.82, 2.24) is 15.4 Å². The largest absolute Gasteiger partial charge is 0.370 e. The zero-order chi connectivity index (χ0) is 17.8. The monoisotopic (exact) mass is 350 g/mol. The number of anilines is 3. The topological polar surface area (TPSA) is 80.0 Å². The minimum Gasteiger partial charge on any atom is -0.370 e. The first-order chi connectivity index (χ1) is 11.7. The van der Waals surface area contributed by atoms with E-state index in [2.05, 4.69) is 46.4 Å². The van der Waals surface area contributed by atoms with E-state index in [9.17, 15) is 0 Å². The van der Waals surface area contributed by atoms with Crippen molar-refractivity contribution in [2.24, 2.45) is 5.73 Å². The molecule has 7 heteroatoms. The minimum absolute atomic E-state index is 0.622. The number of nitrogens with one attached hydrogen (secondary N) is 1. The van der Waals surface area contributed by atoms with Crippen LogP contribution in [-0.4, -0.2) is 35.0 Å². The Morgan fingerprint density at radius 3 is 2.42 bits per heavy atom. The number of rotatable bonds is 7. The van der Waals surface area contributed by atoms with Crippen molar-refractivity contribution in [1.29, 1.82) is 0 Å². The molecular formula is C17H27ClN6. The quantitative estimate of drug-likeness (QED) is 0.789. The highest BCUT2D eigenvalue weighted by Gasteiger charge is 2.12. The summed E-state index contributed by atoms with van der Waals surface area (Å²) >= 11 is 6.28. The third-order valence-corrected chi connectivity index (χ3v) is 3.72. The van der Waals surface area contributed by atoms with Gasteiger partial charge in [0.2, 0.25) is 0 Å². The first kappa shape index (κ1) is 20.1. The number of nitrogens with two attached hydrogens (primary N) is 1. The summed E-state index contributed by atoms with van der Waals surface area (Å²) in [5.74, 6) is 0.622. The van der Waals surface area contributed by atoms with Gasteiger partial charge in [-0.15, -0.1) is 10.2 Å². The summed E-state index contributed by atoms with van der Waals surface area (Å²) in [6, 6.07) is 7.59. The van der Waals surface area contributed by atoms with Crippen LogP contribution in [0.5, 0.6) is 0 Å². The molecule has 0 saturated heterocycles. The van der Waals surface area contributed by atoms with Crippen LogP contribution >= 0.6 is 11.6 Å². The van der Waals surface area contributed by atoms with Crippen molar-refractivity contribution in [3.63, 3.8) is 0 Å². The molecule has 0 aliphatic carbocycles. The van der Waals surface area contributed by atoms with E-state index in [0.717, 1.165) is 31.0 Å². The van der Waals surface area contributed by atoms with Gasteiger partial charge in [-0.05, 0) is 44.2 Å². The van der Waals surface area contributed by atoms with Crippen molar-refractivity contribution in [2.75, 3.05) is 29.9 Å². The molecule has 132 valence electrons. The van der Waals surface area contributed by atoms with Gasteiger partial charge in [0, 0.05) is 19.2 Å². The molecular weight excluding hydrogens is 324 g/mol. The molecule has 24 heavy (non-hydrogen) atoms. The van der Waals surface area contributed by atoms with Crippen LogP contribution in [0.2, 0.25) is 5.02 Å². The SMILES string of the molecule is CCCCN.CCN(CC)c1cccc(Cl)c1Nc1ccnnn1. The molecule has 0 amide bonds. The molecule has 0 aliphatic heterocycles. The van der Waals surface area contributed by atoms with Crippen LogP contribution in [0.4, 0.5) is 17.2 Å². The highest BCUT2D eigenvalue weighted by molar-refractivity contribution is 6.34. The van der Waals surface area contributed by atoms with Gasteiger partial charge in [0.15, 0.2) is 5.82 Å². The van der Waals surface area contributed by atoms with Crippen LogP contribution in [0, 0.1) is 0 Å². The standard InChI is InChI=1S/C13H16ClN5.C4H11N/c1-3-19(4-2)11-7-5-6-10(14)13(11)16-12-8-9-15-18-17-12;1-2-3-4-5/h5-9H,3-4H2,1-2H3,(H,15,16,17);2-5H2,1H3. The number of para-hydroxylation sites is 1. The summed E-state index contributed by atoms with van der Waals surface area (Å²) in [7, 11) is 0. The molecule has 0 fully saturated rings. The van der Waals surface area contributed by atoms with Gasteiger partial charge in [0.05, 0.1) is 22.6 Å². The fourth-order valence-electron chi connectivity index (χ4n) is 2.10. The first-order valence-electron chi connectivity index (χ1n) is 8.32. The zero-order valence-corrected chi connectivity index (χ0v) is 15.4. The Morgan fingerprint density at radius 2 is 1.92 bits per heavy atom. The van der Waals surface area contributed by atoms with E-state index in [0.29, 0.717) is 10.8 Å². The van der Waals surface area contributed by atoms with Crippen LogP contribution < -0.4 is 16.0 Å². The lowest BCUT2D eigenvalue weighted by Crippen LogP contribution is -2.22. The number of aromatic nitrogens is 3. The van der Waals surface area contributed by atoms with Gasteiger partial charge in [0.25, 0.3) is 0 Å². The summed E-state index contributed by atoms with van der Waals surface area (Å²) in [6.45, 7) is 9.02. The van der Waals surface area contributed by atoms with E-state index in [1.165, 1.54) is 12.8 Å².